The summed E-state index contributed by atoms with van der Waals surface area (Å²) in [5, 5.41) is 2.72. The molecule has 172 valence electrons. The number of aromatic nitrogens is 1. The maximum absolute atomic E-state index is 15.1. The molecule has 0 unspecified atom stereocenters. The number of rotatable bonds is 11. The molecule has 31 heavy (non-hydrogen) atoms. The second-order valence-electron chi connectivity index (χ2n) is 8.12. The highest BCUT2D eigenvalue weighted by atomic mass is 19.1. The van der Waals surface area contributed by atoms with Crippen LogP contribution in [0.25, 0.3) is 0 Å². The molecule has 1 amide bonds. The van der Waals surface area contributed by atoms with Crippen LogP contribution in [-0.4, -0.2) is 61.9 Å². The van der Waals surface area contributed by atoms with Crippen molar-refractivity contribution < 1.29 is 28.2 Å². The predicted molar refractivity (Wildman–Crippen MR) is 113 cm³/mol. The predicted octanol–water partition coefficient (Wildman–Crippen LogP) is 2.70. The van der Waals surface area contributed by atoms with E-state index in [0.29, 0.717) is 38.5 Å². The average Bonchev–Trinajstić information content (AvgIpc) is 3.55. The fourth-order valence-corrected chi connectivity index (χ4v) is 3.56. The number of anilines is 1. The van der Waals surface area contributed by atoms with Gasteiger partial charge in [0.1, 0.15) is 16.9 Å². The molecule has 2 fully saturated rings. The molecule has 1 saturated carbocycles. The summed E-state index contributed by atoms with van der Waals surface area (Å²) >= 11 is 0. The Kier molecular flexibility index (Phi) is 7.35. The summed E-state index contributed by atoms with van der Waals surface area (Å²) < 4.78 is 31.4. The molecule has 2 heterocycles. The third-order valence-electron chi connectivity index (χ3n) is 6.02. The van der Waals surface area contributed by atoms with Crippen LogP contribution in [0.4, 0.5) is 10.1 Å². The number of amides is 1. The van der Waals surface area contributed by atoms with Gasteiger partial charge in [0.2, 0.25) is 5.88 Å². The molecular formula is C22H32FN3O5. The maximum Gasteiger partial charge on any atom is 0.331 e. The Balaban J connectivity index is 1.85. The largest absolute Gasteiger partial charge is 0.476 e. The van der Waals surface area contributed by atoms with E-state index in [4.69, 9.17) is 14.2 Å². The van der Waals surface area contributed by atoms with Crippen LogP contribution in [0.5, 0.6) is 5.88 Å². The van der Waals surface area contributed by atoms with Crippen molar-refractivity contribution in [2.24, 2.45) is 5.92 Å². The molecule has 8 nitrogen and oxygen atoms in total. The minimum atomic E-state index is -1.19. The Morgan fingerprint density at radius 1 is 1.26 bits per heavy atom. The van der Waals surface area contributed by atoms with Gasteiger partial charge in [-0.15, -0.1) is 0 Å². The second-order valence-corrected chi connectivity index (χ2v) is 8.12. The molecule has 9 heteroatoms. The first-order chi connectivity index (χ1) is 14.9. The molecular weight excluding hydrogens is 405 g/mol. The number of pyridine rings is 1. The van der Waals surface area contributed by atoms with Crippen LogP contribution in [0, 0.1) is 11.7 Å². The third-order valence-corrected chi connectivity index (χ3v) is 6.02. The van der Waals surface area contributed by atoms with E-state index in [1.54, 1.807) is 32.8 Å². The number of ether oxygens (including phenoxy) is 3. The van der Waals surface area contributed by atoms with Crippen LogP contribution in [-0.2, 0) is 14.3 Å². The highest BCUT2D eigenvalue weighted by molar-refractivity contribution is 5.97. The summed E-state index contributed by atoms with van der Waals surface area (Å²) in [7, 11) is 1.62. The monoisotopic (exact) mass is 437 g/mol. The molecule has 0 spiro atoms. The first-order valence-corrected chi connectivity index (χ1v) is 11.0. The van der Waals surface area contributed by atoms with Crippen LogP contribution in [0.2, 0.25) is 0 Å². The van der Waals surface area contributed by atoms with Gasteiger partial charge in [0.15, 0.2) is 5.82 Å². The maximum atomic E-state index is 15.1. The van der Waals surface area contributed by atoms with Crippen molar-refractivity contribution >= 4 is 17.6 Å². The lowest BCUT2D eigenvalue weighted by Gasteiger charge is -2.40. The van der Waals surface area contributed by atoms with Crippen molar-refractivity contribution in [3.8, 4) is 5.88 Å². The van der Waals surface area contributed by atoms with Gasteiger partial charge >= 0.3 is 5.97 Å². The molecule has 0 bridgehead atoms. The molecule has 0 aromatic carbocycles. The van der Waals surface area contributed by atoms with Gasteiger partial charge in [-0.1, -0.05) is 13.8 Å². The zero-order valence-corrected chi connectivity index (χ0v) is 18.7. The number of hydrogen-bond donors (Lipinski definition) is 1. The molecule has 1 aromatic heterocycles. The highest BCUT2D eigenvalue weighted by Gasteiger charge is 2.39. The zero-order chi connectivity index (χ0) is 22.6. The van der Waals surface area contributed by atoms with Gasteiger partial charge in [0.25, 0.3) is 5.91 Å². The van der Waals surface area contributed by atoms with E-state index in [1.807, 2.05) is 0 Å². The third kappa shape index (κ3) is 5.08. The number of hydrogen-bond acceptors (Lipinski definition) is 7. The fraction of sp³-hybridized carbons (Fsp3) is 0.682. The molecule has 1 aliphatic carbocycles. The van der Waals surface area contributed by atoms with Gasteiger partial charge in [-0.25, -0.2) is 14.2 Å². The normalized spacial score (nSPS) is 16.6. The molecule has 2 aliphatic rings. The van der Waals surface area contributed by atoms with Crippen molar-refractivity contribution in [1.82, 2.24) is 10.3 Å². The Labute approximate surface area is 182 Å². The van der Waals surface area contributed by atoms with E-state index in [1.165, 1.54) is 0 Å². The number of carbonyl (C=O) groups is 2. The van der Waals surface area contributed by atoms with E-state index >= 15 is 4.39 Å². The van der Waals surface area contributed by atoms with E-state index in [9.17, 15) is 9.59 Å². The van der Waals surface area contributed by atoms with Gasteiger partial charge in [-0.3, -0.25) is 4.79 Å². The van der Waals surface area contributed by atoms with Gasteiger partial charge in [-0.2, -0.15) is 0 Å². The Morgan fingerprint density at radius 3 is 2.48 bits per heavy atom. The fourth-order valence-electron chi connectivity index (χ4n) is 3.56. The van der Waals surface area contributed by atoms with Crippen LogP contribution in [0.15, 0.2) is 6.07 Å². The van der Waals surface area contributed by atoms with E-state index in [0.717, 1.165) is 18.9 Å². The van der Waals surface area contributed by atoms with Crippen LogP contribution in [0.3, 0.4) is 0 Å². The molecule has 0 radical (unpaired) electrons. The zero-order valence-electron chi connectivity index (χ0n) is 18.7. The summed E-state index contributed by atoms with van der Waals surface area (Å²) in [6.45, 7) is 6.98. The summed E-state index contributed by atoms with van der Waals surface area (Å²) in [5.41, 5.74) is -1.08. The lowest BCUT2D eigenvalue weighted by molar-refractivity contribution is -0.151. The number of methoxy groups -OCH3 is 1. The molecule has 0 atom stereocenters. The van der Waals surface area contributed by atoms with Crippen LogP contribution >= 0.6 is 0 Å². The molecule has 1 aliphatic heterocycles. The lowest BCUT2D eigenvalue weighted by Crippen LogP contribution is -2.54. The van der Waals surface area contributed by atoms with Gasteiger partial charge in [0, 0.05) is 26.3 Å². The smallest absolute Gasteiger partial charge is 0.331 e. The van der Waals surface area contributed by atoms with Crippen molar-refractivity contribution in [2.75, 3.05) is 38.3 Å². The first kappa shape index (κ1) is 23.2. The SMILES string of the molecule is CCOC(=O)C(CC)(CC)NC(=O)c1cc(F)c(N2CC(OC)C2)c(OCC2CC2)n1. The summed E-state index contributed by atoms with van der Waals surface area (Å²) in [4.78, 5) is 31.6. The number of esters is 1. The Morgan fingerprint density at radius 2 is 1.94 bits per heavy atom. The standard InChI is InChI=1S/C22H32FN3O5/c1-5-22(6-2,21(28)30-7-3)25-19(27)17-10-16(23)18(26-11-15(12-26)29-4)20(24-17)31-13-14-8-9-14/h10,14-15H,5-9,11-13H2,1-4H3,(H,25,27). The van der Waals surface area contributed by atoms with E-state index < -0.39 is 23.2 Å². The number of carbonyl (C=O) groups excluding carboxylic acids is 2. The van der Waals surface area contributed by atoms with Crippen LogP contribution < -0.4 is 15.0 Å². The summed E-state index contributed by atoms with van der Waals surface area (Å²) in [6, 6.07) is 1.09. The lowest BCUT2D eigenvalue weighted by atomic mass is 9.92. The molecule has 1 aromatic rings. The molecule has 1 saturated heterocycles. The quantitative estimate of drug-likeness (QED) is 0.533. The molecule has 1 N–H and O–H groups in total. The minimum absolute atomic E-state index is 0.0259. The Bertz CT molecular complexity index is 805. The number of halogens is 1. The highest BCUT2D eigenvalue weighted by Crippen LogP contribution is 2.36. The van der Waals surface area contributed by atoms with Crippen molar-refractivity contribution in [2.45, 2.75) is 58.1 Å². The summed E-state index contributed by atoms with van der Waals surface area (Å²) in [5.74, 6) is -1.20. The van der Waals surface area contributed by atoms with Gasteiger partial charge in [-0.05, 0) is 38.5 Å². The second kappa shape index (κ2) is 9.80. The van der Waals surface area contributed by atoms with E-state index in [-0.39, 0.29) is 30.0 Å². The van der Waals surface area contributed by atoms with E-state index in [2.05, 4.69) is 10.3 Å². The van der Waals surface area contributed by atoms with Crippen molar-refractivity contribution in [1.29, 1.82) is 0 Å². The Hall–Kier alpha value is -2.42. The topological polar surface area (TPSA) is 90.0 Å². The first-order valence-electron chi connectivity index (χ1n) is 11.0. The number of nitrogens with one attached hydrogen (secondary N) is 1. The van der Waals surface area contributed by atoms with Crippen LogP contribution in [0.1, 0.15) is 56.9 Å². The van der Waals surface area contributed by atoms with Gasteiger partial charge in [0.05, 0.1) is 19.3 Å². The number of nitrogens with zero attached hydrogens (tertiary/aromatic N) is 2. The summed E-state index contributed by atoms with van der Waals surface area (Å²) in [6.07, 6.45) is 2.85. The van der Waals surface area contributed by atoms with Crippen molar-refractivity contribution in [3.63, 3.8) is 0 Å². The molecule has 3 rings (SSSR count). The van der Waals surface area contributed by atoms with Gasteiger partial charge < -0.3 is 24.4 Å². The van der Waals surface area contributed by atoms with Crippen molar-refractivity contribution in [3.05, 3.63) is 17.6 Å². The minimum Gasteiger partial charge on any atom is -0.476 e. The average molecular weight is 438 g/mol.